The van der Waals surface area contributed by atoms with Crippen LogP contribution in [0.3, 0.4) is 0 Å². The van der Waals surface area contributed by atoms with E-state index in [1.165, 1.54) is 0 Å². The third kappa shape index (κ3) is 4.36. The second-order valence-corrected chi connectivity index (χ2v) is 5.67. The Bertz CT molecular complexity index is 332. The lowest BCUT2D eigenvalue weighted by atomic mass is 10.0. The van der Waals surface area contributed by atoms with E-state index in [0.717, 1.165) is 13.1 Å². The summed E-state index contributed by atoms with van der Waals surface area (Å²) >= 11 is 0. The largest absolute Gasteiger partial charge is 0.465 e. The van der Waals surface area contributed by atoms with Gasteiger partial charge in [-0.1, -0.05) is 0 Å². The van der Waals surface area contributed by atoms with Gasteiger partial charge in [0, 0.05) is 31.7 Å². The van der Waals surface area contributed by atoms with Gasteiger partial charge in [0.1, 0.15) is 6.04 Å². The second kappa shape index (κ2) is 6.21. The van der Waals surface area contributed by atoms with Crippen molar-refractivity contribution in [2.24, 2.45) is 0 Å². The molecule has 7 heteroatoms. The molecule has 19 heavy (non-hydrogen) atoms. The highest BCUT2D eigenvalue weighted by molar-refractivity contribution is 5.85. The topological polar surface area (TPSA) is 93.1 Å². The van der Waals surface area contributed by atoms with E-state index in [4.69, 9.17) is 10.2 Å². The maximum atomic E-state index is 12.0. The summed E-state index contributed by atoms with van der Waals surface area (Å²) in [7, 11) is 0. The van der Waals surface area contributed by atoms with E-state index in [9.17, 15) is 9.59 Å². The summed E-state index contributed by atoms with van der Waals surface area (Å²) in [5.74, 6) is -0.363. The van der Waals surface area contributed by atoms with E-state index in [1.807, 2.05) is 5.32 Å². The van der Waals surface area contributed by atoms with Crippen LogP contribution in [0.5, 0.6) is 0 Å². The number of piperazine rings is 1. The van der Waals surface area contributed by atoms with E-state index >= 15 is 0 Å². The Morgan fingerprint density at radius 3 is 2.11 bits per heavy atom. The number of aliphatic hydroxyl groups is 1. The molecule has 0 spiro atoms. The molecule has 7 nitrogen and oxygen atoms in total. The molecule has 0 radical (unpaired) electrons. The molecule has 110 valence electrons. The Morgan fingerprint density at radius 2 is 1.74 bits per heavy atom. The summed E-state index contributed by atoms with van der Waals surface area (Å²) in [4.78, 5) is 26.5. The Labute approximate surface area is 113 Å². The first-order chi connectivity index (χ1) is 8.75. The van der Waals surface area contributed by atoms with Gasteiger partial charge in [0.15, 0.2) is 0 Å². The van der Waals surface area contributed by atoms with Gasteiger partial charge in [-0.25, -0.2) is 4.79 Å². The van der Waals surface area contributed by atoms with Crippen LogP contribution in [0.2, 0.25) is 0 Å². The molecule has 0 aromatic carbocycles. The second-order valence-electron chi connectivity index (χ2n) is 5.67. The molecule has 1 saturated heterocycles. The van der Waals surface area contributed by atoms with Crippen LogP contribution in [-0.4, -0.2) is 76.4 Å². The highest BCUT2D eigenvalue weighted by Crippen LogP contribution is 2.16. The normalized spacial score (nSPS) is 19.1. The van der Waals surface area contributed by atoms with Crippen LogP contribution in [0.25, 0.3) is 0 Å². The molecule has 0 unspecified atom stereocenters. The number of amides is 2. The van der Waals surface area contributed by atoms with Crippen molar-refractivity contribution < 1.29 is 19.8 Å². The average molecular weight is 273 g/mol. The van der Waals surface area contributed by atoms with Crippen LogP contribution >= 0.6 is 0 Å². The molecule has 2 amide bonds. The predicted octanol–water partition coefficient (Wildman–Crippen LogP) is -0.442. The zero-order chi connectivity index (χ0) is 14.6. The molecule has 1 heterocycles. The Morgan fingerprint density at radius 1 is 1.21 bits per heavy atom. The Hall–Kier alpha value is -1.34. The molecule has 1 rings (SSSR count). The molecule has 1 aliphatic rings. The Kier molecular flexibility index (Phi) is 5.13. The van der Waals surface area contributed by atoms with E-state index in [-0.39, 0.29) is 11.4 Å². The fourth-order valence-electron chi connectivity index (χ4n) is 2.15. The molecular weight excluding hydrogens is 250 g/mol. The number of hydrogen-bond donors (Lipinski definition) is 3. The highest BCUT2D eigenvalue weighted by atomic mass is 16.4. The molecule has 0 saturated carbocycles. The minimum atomic E-state index is -1.30. The van der Waals surface area contributed by atoms with E-state index in [2.05, 4.69) is 25.7 Å². The van der Waals surface area contributed by atoms with Gasteiger partial charge in [-0.3, -0.25) is 9.69 Å². The summed E-state index contributed by atoms with van der Waals surface area (Å²) in [5.41, 5.74) is 0.0603. The Balaban J connectivity index is 2.54. The SMILES string of the molecule is CC(C)(C)N1CCN(C(=O)[C@H](CO)NC(=O)O)CC1. The van der Waals surface area contributed by atoms with Crippen molar-refractivity contribution in [3.05, 3.63) is 0 Å². The van der Waals surface area contributed by atoms with Gasteiger partial charge in [-0.15, -0.1) is 0 Å². The van der Waals surface area contributed by atoms with Crippen molar-refractivity contribution >= 4 is 12.0 Å². The third-order valence-electron chi connectivity index (χ3n) is 3.32. The number of carbonyl (C=O) groups is 2. The van der Waals surface area contributed by atoms with Crippen molar-refractivity contribution in [3.8, 4) is 0 Å². The lowest BCUT2D eigenvalue weighted by Gasteiger charge is -2.42. The number of carbonyl (C=O) groups excluding carboxylic acids is 1. The number of rotatable bonds is 3. The average Bonchev–Trinajstić information content (AvgIpc) is 2.34. The third-order valence-corrected chi connectivity index (χ3v) is 3.32. The smallest absolute Gasteiger partial charge is 0.405 e. The van der Waals surface area contributed by atoms with Crippen LogP contribution in [0.4, 0.5) is 4.79 Å². The van der Waals surface area contributed by atoms with Gasteiger partial charge in [0.25, 0.3) is 0 Å². The van der Waals surface area contributed by atoms with Crippen molar-refractivity contribution in [3.63, 3.8) is 0 Å². The van der Waals surface area contributed by atoms with Gasteiger partial charge >= 0.3 is 6.09 Å². The fraction of sp³-hybridized carbons (Fsp3) is 0.833. The summed E-state index contributed by atoms with van der Waals surface area (Å²) < 4.78 is 0. The number of nitrogens with zero attached hydrogens (tertiary/aromatic N) is 2. The number of hydrogen-bond acceptors (Lipinski definition) is 4. The highest BCUT2D eigenvalue weighted by Gasteiger charge is 2.31. The van der Waals surface area contributed by atoms with Crippen LogP contribution in [0, 0.1) is 0 Å². The standard InChI is InChI=1S/C12H23N3O4/c1-12(2,3)15-6-4-14(5-7-15)10(17)9(8-16)13-11(18)19/h9,13,16H,4-8H2,1-3H3,(H,18,19)/t9-/m0/s1. The molecule has 0 bridgehead atoms. The number of aliphatic hydroxyl groups excluding tert-OH is 1. The molecule has 0 aliphatic carbocycles. The van der Waals surface area contributed by atoms with Gasteiger partial charge in [-0.2, -0.15) is 0 Å². The maximum absolute atomic E-state index is 12.0. The van der Waals surface area contributed by atoms with Crippen molar-refractivity contribution in [2.45, 2.75) is 32.4 Å². The van der Waals surface area contributed by atoms with Crippen LogP contribution in [0.1, 0.15) is 20.8 Å². The summed E-state index contributed by atoms with van der Waals surface area (Å²) in [6.45, 7) is 8.43. The van der Waals surface area contributed by atoms with Gasteiger partial charge < -0.3 is 20.4 Å². The fourth-order valence-corrected chi connectivity index (χ4v) is 2.15. The van der Waals surface area contributed by atoms with Crippen molar-refractivity contribution in [1.29, 1.82) is 0 Å². The summed E-state index contributed by atoms with van der Waals surface area (Å²) in [5, 5.41) is 19.7. The lowest BCUT2D eigenvalue weighted by molar-refractivity contribution is -0.136. The molecule has 0 aromatic rings. The van der Waals surface area contributed by atoms with E-state index < -0.39 is 18.7 Å². The van der Waals surface area contributed by atoms with E-state index in [0.29, 0.717) is 13.1 Å². The van der Waals surface area contributed by atoms with Crippen molar-refractivity contribution in [2.75, 3.05) is 32.8 Å². The number of carboxylic acid groups (broad SMARTS) is 1. The van der Waals surface area contributed by atoms with Crippen LogP contribution in [-0.2, 0) is 4.79 Å². The monoisotopic (exact) mass is 273 g/mol. The first kappa shape index (κ1) is 15.7. The van der Waals surface area contributed by atoms with E-state index in [1.54, 1.807) is 4.90 Å². The molecule has 0 aromatic heterocycles. The van der Waals surface area contributed by atoms with Gasteiger partial charge in [-0.05, 0) is 20.8 Å². The first-order valence-corrected chi connectivity index (χ1v) is 6.40. The van der Waals surface area contributed by atoms with Crippen LogP contribution < -0.4 is 5.32 Å². The summed E-state index contributed by atoms with van der Waals surface area (Å²) in [6.07, 6.45) is -1.30. The molecular formula is C12H23N3O4. The minimum absolute atomic E-state index is 0.0603. The summed E-state index contributed by atoms with van der Waals surface area (Å²) in [6, 6.07) is -1.07. The lowest BCUT2D eigenvalue weighted by Crippen LogP contribution is -2.58. The molecule has 3 N–H and O–H groups in total. The minimum Gasteiger partial charge on any atom is -0.465 e. The molecule has 1 aliphatic heterocycles. The zero-order valence-corrected chi connectivity index (χ0v) is 11.7. The number of nitrogens with one attached hydrogen (secondary N) is 1. The van der Waals surface area contributed by atoms with Crippen LogP contribution in [0.15, 0.2) is 0 Å². The van der Waals surface area contributed by atoms with Gasteiger partial charge in [0.05, 0.1) is 6.61 Å². The first-order valence-electron chi connectivity index (χ1n) is 6.40. The molecule has 1 atom stereocenters. The maximum Gasteiger partial charge on any atom is 0.405 e. The van der Waals surface area contributed by atoms with Gasteiger partial charge in [0.2, 0.25) is 5.91 Å². The molecule has 1 fully saturated rings. The predicted molar refractivity (Wildman–Crippen MR) is 69.9 cm³/mol. The van der Waals surface area contributed by atoms with Crippen molar-refractivity contribution in [1.82, 2.24) is 15.1 Å². The quantitative estimate of drug-likeness (QED) is 0.648. The zero-order valence-electron chi connectivity index (χ0n) is 11.7.